The molecule has 2 aromatic carbocycles. The van der Waals surface area contributed by atoms with E-state index in [-0.39, 0.29) is 12.3 Å². The number of halogens is 2. The summed E-state index contributed by atoms with van der Waals surface area (Å²) in [6.45, 7) is 6.61. The molecule has 0 radical (unpaired) electrons. The van der Waals surface area contributed by atoms with E-state index in [0.717, 1.165) is 37.1 Å². The number of aliphatic hydroxyl groups is 1. The van der Waals surface area contributed by atoms with Crippen molar-refractivity contribution in [2.24, 2.45) is 0 Å². The molecular formula is C23H27ClFN5O2. The van der Waals surface area contributed by atoms with Crippen molar-refractivity contribution in [3.05, 3.63) is 53.1 Å². The minimum atomic E-state index is -0.580. The molecule has 2 N–H and O–H groups in total. The van der Waals surface area contributed by atoms with Crippen molar-refractivity contribution in [1.29, 1.82) is 0 Å². The van der Waals surface area contributed by atoms with Crippen LogP contribution in [0.2, 0.25) is 5.02 Å². The smallest absolute Gasteiger partial charge is 0.148 e. The number of piperazine rings is 1. The largest absolute Gasteiger partial charge is 0.490 e. The molecule has 170 valence electrons. The molecule has 32 heavy (non-hydrogen) atoms. The zero-order valence-corrected chi connectivity index (χ0v) is 18.9. The van der Waals surface area contributed by atoms with E-state index in [1.165, 1.54) is 12.4 Å². The van der Waals surface area contributed by atoms with Crippen LogP contribution in [0.3, 0.4) is 0 Å². The lowest BCUT2D eigenvalue weighted by molar-refractivity contribution is 0.0503. The Kier molecular flexibility index (Phi) is 7.05. The molecular weight excluding hydrogens is 433 g/mol. The van der Waals surface area contributed by atoms with E-state index in [9.17, 15) is 9.50 Å². The fourth-order valence-electron chi connectivity index (χ4n) is 3.73. The van der Waals surface area contributed by atoms with Crippen molar-refractivity contribution < 1.29 is 14.2 Å². The fraction of sp³-hybridized carbons (Fsp3) is 0.391. The predicted octanol–water partition coefficient (Wildman–Crippen LogP) is 3.46. The Balaban J connectivity index is 1.45. The van der Waals surface area contributed by atoms with Gasteiger partial charge >= 0.3 is 0 Å². The first kappa shape index (κ1) is 22.7. The van der Waals surface area contributed by atoms with Crippen LogP contribution < -0.4 is 10.1 Å². The lowest BCUT2D eigenvalue weighted by Gasteiger charge is -2.33. The highest BCUT2D eigenvalue weighted by atomic mass is 35.5. The normalized spacial score (nSPS) is 16.3. The first-order valence-corrected chi connectivity index (χ1v) is 11.0. The van der Waals surface area contributed by atoms with Crippen LogP contribution in [-0.4, -0.2) is 77.4 Å². The number of nitrogens with zero attached hydrogens (tertiary/aromatic N) is 4. The van der Waals surface area contributed by atoms with Crippen LogP contribution in [0.15, 0.2) is 36.7 Å². The second-order valence-electron chi connectivity index (χ2n) is 8.18. The lowest BCUT2D eigenvalue weighted by atomic mass is 10.1. The van der Waals surface area contributed by atoms with Crippen LogP contribution in [0.5, 0.6) is 5.75 Å². The van der Waals surface area contributed by atoms with Crippen molar-refractivity contribution in [1.82, 2.24) is 19.8 Å². The SMILES string of the molecule is Cc1cc2c(Nc3ccc(Cl)cc3F)ncnc2cc1OCC(O)CN1CCN(C)CC1. The van der Waals surface area contributed by atoms with E-state index < -0.39 is 11.9 Å². The molecule has 0 saturated carbocycles. The molecule has 1 aliphatic heterocycles. The molecule has 1 aliphatic rings. The van der Waals surface area contributed by atoms with Gasteiger partial charge in [0.15, 0.2) is 0 Å². The van der Waals surface area contributed by atoms with E-state index in [2.05, 4.69) is 32.1 Å². The van der Waals surface area contributed by atoms with Crippen molar-refractivity contribution >= 4 is 34.0 Å². The number of anilines is 2. The van der Waals surface area contributed by atoms with Gasteiger partial charge in [0.1, 0.15) is 36.4 Å². The average Bonchev–Trinajstić information content (AvgIpc) is 2.76. The van der Waals surface area contributed by atoms with Crippen LogP contribution in [0, 0.1) is 12.7 Å². The van der Waals surface area contributed by atoms with Crippen LogP contribution in [-0.2, 0) is 0 Å². The van der Waals surface area contributed by atoms with Gasteiger partial charge in [-0.15, -0.1) is 0 Å². The van der Waals surface area contributed by atoms with Gasteiger partial charge in [-0.25, -0.2) is 14.4 Å². The standard InChI is InChI=1S/C23H27ClFN5O2/c1-15-9-18-21(26-14-27-23(18)28-20-4-3-16(24)10-19(20)25)11-22(15)32-13-17(31)12-30-7-5-29(2)6-8-30/h3-4,9-11,14,17,31H,5-8,12-13H2,1-2H3,(H,26,27,28). The summed E-state index contributed by atoms with van der Waals surface area (Å²) in [5, 5.41) is 14.5. The molecule has 1 aromatic heterocycles. The van der Waals surface area contributed by atoms with Crippen molar-refractivity contribution in [2.75, 3.05) is 51.7 Å². The van der Waals surface area contributed by atoms with E-state index in [1.54, 1.807) is 12.1 Å². The van der Waals surface area contributed by atoms with Gasteiger partial charge in [-0.1, -0.05) is 11.6 Å². The maximum Gasteiger partial charge on any atom is 0.148 e. The number of fused-ring (bicyclic) bond motifs is 1. The number of aliphatic hydroxyl groups excluding tert-OH is 1. The van der Waals surface area contributed by atoms with Crippen molar-refractivity contribution in [3.63, 3.8) is 0 Å². The Morgan fingerprint density at radius 3 is 2.72 bits per heavy atom. The number of nitrogens with one attached hydrogen (secondary N) is 1. The molecule has 1 unspecified atom stereocenters. The minimum Gasteiger partial charge on any atom is -0.490 e. The van der Waals surface area contributed by atoms with Gasteiger partial charge in [0.05, 0.1) is 11.2 Å². The highest BCUT2D eigenvalue weighted by Crippen LogP contribution is 2.30. The highest BCUT2D eigenvalue weighted by molar-refractivity contribution is 6.30. The number of hydrogen-bond acceptors (Lipinski definition) is 7. The Bertz CT molecular complexity index is 1090. The monoisotopic (exact) mass is 459 g/mol. The average molecular weight is 460 g/mol. The molecule has 0 aliphatic carbocycles. The second kappa shape index (κ2) is 9.95. The number of aryl methyl sites for hydroxylation is 1. The summed E-state index contributed by atoms with van der Waals surface area (Å²) in [6.07, 6.45) is 0.837. The first-order chi connectivity index (χ1) is 15.4. The van der Waals surface area contributed by atoms with Crippen LogP contribution in [0.1, 0.15) is 5.56 Å². The number of aromatic nitrogens is 2. The zero-order chi connectivity index (χ0) is 22.7. The van der Waals surface area contributed by atoms with E-state index >= 15 is 0 Å². The Morgan fingerprint density at radius 1 is 1.19 bits per heavy atom. The Hall–Kier alpha value is -2.52. The fourth-order valence-corrected chi connectivity index (χ4v) is 3.89. The quantitative estimate of drug-likeness (QED) is 0.560. The molecule has 0 bridgehead atoms. The summed E-state index contributed by atoms with van der Waals surface area (Å²) in [5.41, 5.74) is 1.81. The third-order valence-electron chi connectivity index (χ3n) is 5.61. The molecule has 0 amide bonds. The molecule has 4 rings (SSSR count). The number of β-amino-alcohol motifs (C(OH)–C–C–N with tert-alkyl or cyclic N) is 1. The maximum absolute atomic E-state index is 14.2. The number of benzene rings is 2. The molecule has 7 nitrogen and oxygen atoms in total. The zero-order valence-electron chi connectivity index (χ0n) is 18.2. The highest BCUT2D eigenvalue weighted by Gasteiger charge is 2.18. The summed E-state index contributed by atoms with van der Waals surface area (Å²) in [6, 6.07) is 8.14. The van der Waals surface area contributed by atoms with Gasteiger partial charge in [0.2, 0.25) is 0 Å². The van der Waals surface area contributed by atoms with Gasteiger partial charge in [0.25, 0.3) is 0 Å². The molecule has 2 heterocycles. The van der Waals surface area contributed by atoms with Crippen LogP contribution in [0.4, 0.5) is 15.9 Å². The minimum absolute atomic E-state index is 0.199. The van der Waals surface area contributed by atoms with Crippen LogP contribution in [0.25, 0.3) is 10.9 Å². The number of ether oxygens (including phenoxy) is 1. The summed E-state index contributed by atoms with van der Waals surface area (Å²) >= 11 is 5.84. The van der Waals surface area contributed by atoms with Gasteiger partial charge in [-0.2, -0.15) is 0 Å². The van der Waals surface area contributed by atoms with Gasteiger partial charge in [0, 0.05) is 49.2 Å². The topological polar surface area (TPSA) is 73.8 Å². The maximum atomic E-state index is 14.2. The molecule has 3 aromatic rings. The van der Waals surface area contributed by atoms with Gasteiger partial charge in [-0.05, 0) is 43.8 Å². The summed E-state index contributed by atoms with van der Waals surface area (Å²) < 4.78 is 20.1. The predicted molar refractivity (Wildman–Crippen MR) is 124 cm³/mol. The van der Waals surface area contributed by atoms with Crippen molar-refractivity contribution in [2.45, 2.75) is 13.0 Å². The Labute approximate surface area is 191 Å². The second-order valence-corrected chi connectivity index (χ2v) is 8.61. The molecule has 0 spiro atoms. The summed E-state index contributed by atoms with van der Waals surface area (Å²) in [5.74, 6) is 0.675. The summed E-state index contributed by atoms with van der Waals surface area (Å²) in [4.78, 5) is 13.1. The molecule has 1 atom stereocenters. The number of likely N-dealkylation sites (N-methyl/N-ethyl adjacent to an activating group) is 1. The van der Waals surface area contributed by atoms with Crippen molar-refractivity contribution in [3.8, 4) is 5.75 Å². The molecule has 1 saturated heterocycles. The third-order valence-corrected chi connectivity index (χ3v) is 5.85. The first-order valence-electron chi connectivity index (χ1n) is 10.6. The number of rotatable bonds is 7. The van der Waals surface area contributed by atoms with E-state index in [4.69, 9.17) is 16.3 Å². The number of hydrogen-bond donors (Lipinski definition) is 2. The Morgan fingerprint density at radius 2 is 1.97 bits per heavy atom. The third kappa shape index (κ3) is 5.45. The van der Waals surface area contributed by atoms with Gasteiger partial charge < -0.3 is 20.1 Å². The summed E-state index contributed by atoms with van der Waals surface area (Å²) in [7, 11) is 2.11. The van der Waals surface area contributed by atoms with E-state index in [1.807, 2.05) is 19.1 Å². The lowest BCUT2D eigenvalue weighted by Crippen LogP contribution is -2.47. The van der Waals surface area contributed by atoms with E-state index in [0.29, 0.717) is 28.7 Å². The molecule has 9 heteroatoms. The van der Waals surface area contributed by atoms with Crippen LogP contribution >= 0.6 is 11.6 Å². The van der Waals surface area contributed by atoms with Gasteiger partial charge in [-0.3, -0.25) is 4.90 Å². The molecule has 1 fully saturated rings.